The molecule has 3 N–H and O–H groups in total. The van der Waals surface area contributed by atoms with Gasteiger partial charge in [-0.1, -0.05) is 31.2 Å². The molecule has 1 unspecified atom stereocenters. The highest BCUT2D eigenvalue weighted by atomic mass is 19.1. The molecule has 2 rings (SSSR count). The molecule has 0 saturated heterocycles. The fourth-order valence-corrected chi connectivity index (χ4v) is 2.15. The quantitative estimate of drug-likeness (QED) is 0.846. The van der Waals surface area contributed by atoms with E-state index in [1.807, 2.05) is 31.2 Å². The number of hydrogen-bond acceptors (Lipinski definition) is 2. The predicted octanol–water partition coefficient (Wildman–Crippen LogP) is 3.46. The lowest BCUT2D eigenvalue weighted by atomic mass is 10.0. The van der Waals surface area contributed by atoms with E-state index in [9.17, 15) is 9.18 Å². The van der Waals surface area contributed by atoms with E-state index in [0.29, 0.717) is 0 Å². The van der Waals surface area contributed by atoms with Crippen molar-refractivity contribution in [3.63, 3.8) is 0 Å². The van der Waals surface area contributed by atoms with Crippen molar-refractivity contribution in [1.29, 1.82) is 0 Å². The molecule has 0 saturated carbocycles. The summed E-state index contributed by atoms with van der Waals surface area (Å²) >= 11 is 0. The van der Waals surface area contributed by atoms with E-state index in [1.165, 1.54) is 23.8 Å². The third kappa shape index (κ3) is 3.81. The van der Waals surface area contributed by atoms with Gasteiger partial charge < -0.3 is 11.1 Å². The second-order valence-electron chi connectivity index (χ2n) is 5.06. The highest BCUT2D eigenvalue weighted by molar-refractivity contribution is 5.95. The third-order valence-electron chi connectivity index (χ3n) is 3.42. The Kier molecular flexibility index (Phi) is 4.58. The number of nitrogens with one attached hydrogen (secondary N) is 1. The molecule has 0 spiro atoms. The summed E-state index contributed by atoms with van der Waals surface area (Å²) < 4.78 is 13.3. The minimum atomic E-state index is -0.514. The van der Waals surface area contributed by atoms with Gasteiger partial charge in [-0.15, -0.1) is 0 Å². The summed E-state index contributed by atoms with van der Waals surface area (Å²) in [6, 6.07) is 11.7. The number of amides is 1. The van der Waals surface area contributed by atoms with Crippen LogP contribution in [0.15, 0.2) is 42.5 Å². The molecule has 0 aromatic heterocycles. The van der Waals surface area contributed by atoms with Crippen LogP contribution in [0.25, 0.3) is 0 Å². The van der Waals surface area contributed by atoms with Gasteiger partial charge in [0.1, 0.15) is 5.82 Å². The lowest BCUT2D eigenvalue weighted by Gasteiger charge is -2.15. The van der Waals surface area contributed by atoms with Crippen molar-refractivity contribution in [2.24, 2.45) is 0 Å². The van der Waals surface area contributed by atoms with Gasteiger partial charge in [0.05, 0.1) is 6.04 Å². The van der Waals surface area contributed by atoms with E-state index in [-0.39, 0.29) is 23.2 Å². The number of halogens is 1. The smallest absolute Gasteiger partial charge is 0.251 e. The van der Waals surface area contributed by atoms with Crippen LogP contribution in [0.2, 0.25) is 0 Å². The molecule has 2 aromatic rings. The maximum Gasteiger partial charge on any atom is 0.251 e. The first kappa shape index (κ1) is 15.0. The normalized spacial score (nSPS) is 12.0. The third-order valence-corrected chi connectivity index (χ3v) is 3.42. The number of nitrogen functional groups attached to an aromatic ring is 1. The van der Waals surface area contributed by atoms with E-state index in [4.69, 9.17) is 5.73 Å². The average molecular weight is 286 g/mol. The summed E-state index contributed by atoms with van der Waals surface area (Å²) in [4.78, 5) is 12.1. The second-order valence-corrected chi connectivity index (χ2v) is 5.06. The Balaban J connectivity index is 2.10. The Morgan fingerprint density at radius 1 is 1.24 bits per heavy atom. The minimum Gasteiger partial charge on any atom is -0.399 e. The number of carbonyl (C=O) groups excluding carboxylic acids is 1. The van der Waals surface area contributed by atoms with Crippen LogP contribution >= 0.6 is 0 Å². The Morgan fingerprint density at radius 3 is 2.48 bits per heavy atom. The molecule has 0 aliphatic heterocycles. The molecule has 0 heterocycles. The highest BCUT2D eigenvalue weighted by Gasteiger charge is 2.12. The van der Waals surface area contributed by atoms with Crippen molar-refractivity contribution in [2.75, 3.05) is 5.73 Å². The molecule has 0 fully saturated rings. The number of hydrogen-bond donors (Lipinski definition) is 2. The Bertz CT molecular complexity index is 617. The van der Waals surface area contributed by atoms with Crippen LogP contribution in [0.4, 0.5) is 10.1 Å². The molecule has 3 nitrogen and oxygen atoms in total. The number of aryl methyl sites for hydroxylation is 1. The van der Waals surface area contributed by atoms with E-state index in [0.717, 1.165) is 12.0 Å². The summed E-state index contributed by atoms with van der Waals surface area (Å²) in [5.74, 6) is -0.853. The Morgan fingerprint density at radius 2 is 1.90 bits per heavy atom. The van der Waals surface area contributed by atoms with Crippen LogP contribution in [0.3, 0.4) is 0 Å². The lowest BCUT2D eigenvalue weighted by Crippen LogP contribution is -2.26. The second kappa shape index (κ2) is 6.39. The van der Waals surface area contributed by atoms with Crippen LogP contribution in [0, 0.1) is 5.82 Å². The van der Waals surface area contributed by atoms with Gasteiger partial charge in [0.15, 0.2) is 0 Å². The van der Waals surface area contributed by atoms with Gasteiger partial charge in [0.25, 0.3) is 5.91 Å². The number of nitrogens with two attached hydrogens (primary N) is 1. The zero-order valence-electron chi connectivity index (χ0n) is 12.2. The summed E-state index contributed by atoms with van der Waals surface area (Å²) in [6.07, 6.45) is 0.976. The Labute approximate surface area is 124 Å². The zero-order valence-corrected chi connectivity index (χ0v) is 12.2. The summed E-state index contributed by atoms with van der Waals surface area (Å²) in [6.45, 7) is 3.98. The molecule has 110 valence electrons. The van der Waals surface area contributed by atoms with E-state index in [2.05, 4.69) is 12.2 Å². The molecule has 21 heavy (non-hydrogen) atoms. The topological polar surface area (TPSA) is 55.1 Å². The van der Waals surface area contributed by atoms with Gasteiger partial charge in [-0.25, -0.2) is 4.39 Å². The summed E-state index contributed by atoms with van der Waals surface area (Å²) in [7, 11) is 0. The van der Waals surface area contributed by atoms with Crippen molar-refractivity contribution in [2.45, 2.75) is 26.3 Å². The minimum absolute atomic E-state index is 0.159. The van der Waals surface area contributed by atoms with Crippen LogP contribution in [0.5, 0.6) is 0 Å². The van der Waals surface area contributed by atoms with Crippen molar-refractivity contribution in [3.8, 4) is 0 Å². The van der Waals surface area contributed by atoms with Gasteiger partial charge in [-0.2, -0.15) is 0 Å². The highest BCUT2D eigenvalue weighted by Crippen LogP contribution is 2.16. The maximum atomic E-state index is 13.3. The monoisotopic (exact) mass is 286 g/mol. The molecule has 1 atom stereocenters. The standard InChI is InChI=1S/C17H19FN2O/c1-3-12-4-6-13(7-5-12)11(2)20-17(21)14-8-15(18)10-16(19)9-14/h4-11H,3,19H2,1-2H3,(H,20,21). The van der Waals surface area contributed by atoms with Crippen LogP contribution in [0.1, 0.15) is 41.4 Å². The first-order valence-corrected chi connectivity index (χ1v) is 6.95. The molecule has 2 aromatic carbocycles. The fraction of sp³-hybridized carbons (Fsp3) is 0.235. The van der Waals surface area contributed by atoms with Crippen LogP contribution in [-0.4, -0.2) is 5.91 Å². The molecule has 1 amide bonds. The van der Waals surface area contributed by atoms with Crippen molar-refractivity contribution < 1.29 is 9.18 Å². The van der Waals surface area contributed by atoms with E-state index >= 15 is 0 Å². The van der Waals surface area contributed by atoms with Crippen LogP contribution in [-0.2, 0) is 6.42 Å². The van der Waals surface area contributed by atoms with Crippen molar-refractivity contribution in [1.82, 2.24) is 5.32 Å². The zero-order chi connectivity index (χ0) is 15.4. The van der Waals surface area contributed by atoms with E-state index < -0.39 is 5.82 Å². The molecule has 4 heteroatoms. The Hall–Kier alpha value is -2.36. The SMILES string of the molecule is CCc1ccc(C(C)NC(=O)c2cc(N)cc(F)c2)cc1. The largest absolute Gasteiger partial charge is 0.399 e. The first-order valence-electron chi connectivity index (χ1n) is 6.95. The lowest BCUT2D eigenvalue weighted by molar-refractivity contribution is 0.0939. The summed E-state index contributed by atoms with van der Waals surface area (Å²) in [5.41, 5.74) is 8.26. The molecular formula is C17H19FN2O. The summed E-state index contributed by atoms with van der Waals surface area (Å²) in [5, 5.41) is 2.84. The number of carbonyl (C=O) groups is 1. The predicted molar refractivity (Wildman–Crippen MR) is 82.5 cm³/mol. The van der Waals surface area contributed by atoms with Gasteiger partial charge in [0.2, 0.25) is 0 Å². The molecule has 0 aliphatic carbocycles. The molecule has 0 bridgehead atoms. The fourth-order valence-electron chi connectivity index (χ4n) is 2.15. The average Bonchev–Trinajstić information content (AvgIpc) is 2.46. The maximum absolute atomic E-state index is 13.3. The van der Waals surface area contributed by atoms with Gasteiger partial charge in [-0.3, -0.25) is 4.79 Å². The van der Waals surface area contributed by atoms with Crippen molar-refractivity contribution in [3.05, 3.63) is 65.0 Å². The number of rotatable bonds is 4. The van der Waals surface area contributed by atoms with E-state index in [1.54, 1.807) is 0 Å². The number of anilines is 1. The van der Waals surface area contributed by atoms with Gasteiger partial charge in [-0.05, 0) is 42.7 Å². The van der Waals surface area contributed by atoms with Gasteiger partial charge in [0, 0.05) is 11.3 Å². The van der Waals surface area contributed by atoms with Gasteiger partial charge >= 0.3 is 0 Å². The van der Waals surface area contributed by atoms with Crippen LogP contribution < -0.4 is 11.1 Å². The first-order chi connectivity index (χ1) is 9.99. The van der Waals surface area contributed by atoms with Crippen molar-refractivity contribution >= 4 is 11.6 Å². The molecular weight excluding hydrogens is 267 g/mol. The number of benzene rings is 2. The molecule has 0 radical (unpaired) electrons. The molecule has 0 aliphatic rings.